The molecule has 27 heavy (non-hydrogen) atoms. The van der Waals surface area contributed by atoms with Gasteiger partial charge in [-0.1, -0.05) is 40.2 Å². The van der Waals surface area contributed by atoms with E-state index in [1.165, 1.54) is 7.11 Å². The number of halogens is 1. The second kappa shape index (κ2) is 8.35. The first-order valence-corrected chi connectivity index (χ1v) is 9.17. The molecule has 1 atom stereocenters. The Hall–Kier alpha value is -2.67. The molecule has 2 aromatic rings. The highest BCUT2D eigenvalue weighted by Gasteiger charge is 2.36. The molecule has 2 aromatic carbocycles. The number of methoxy groups -OCH3 is 1. The van der Waals surface area contributed by atoms with Gasteiger partial charge in [0, 0.05) is 28.7 Å². The highest BCUT2D eigenvalue weighted by molar-refractivity contribution is 9.10. The summed E-state index contributed by atoms with van der Waals surface area (Å²) >= 11 is 3.37. The molecule has 0 bridgehead atoms. The molecule has 0 N–H and O–H groups in total. The van der Waals surface area contributed by atoms with Gasteiger partial charge in [0.25, 0.3) is 0 Å². The Morgan fingerprint density at radius 1 is 1.19 bits per heavy atom. The van der Waals surface area contributed by atoms with Crippen molar-refractivity contribution in [1.82, 2.24) is 0 Å². The van der Waals surface area contributed by atoms with E-state index in [1.807, 2.05) is 30.3 Å². The average Bonchev–Trinajstić information content (AvgIpc) is 3.08. The normalized spacial score (nSPS) is 16.3. The fraction of sp³-hybridized carbons (Fsp3) is 0.250. The lowest BCUT2D eigenvalue weighted by Crippen LogP contribution is -2.26. The highest BCUT2D eigenvalue weighted by Crippen LogP contribution is 2.26. The highest BCUT2D eigenvalue weighted by atomic mass is 79.9. The summed E-state index contributed by atoms with van der Waals surface area (Å²) in [5.41, 5.74) is 1.90. The SMILES string of the molecule is COC(=O)c1ccc(COC(=O)C2CC(=O)N(c3ccccc3)C2)c(Br)c1. The maximum atomic E-state index is 12.4. The fourth-order valence-electron chi connectivity index (χ4n) is 2.90. The molecule has 1 aliphatic rings. The van der Waals surface area contributed by atoms with Gasteiger partial charge in [-0.2, -0.15) is 0 Å². The van der Waals surface area contributed by atoms with Crippen LogP contribution in [0.4, 0.5) is 5.69 Å². The number of ether oxygens (including phenoxy) is 2. The van der Waals surface area contributed by atoms with Gasteiger partial charge in [0.05, 0.1) is 18.6 Å². The van der Waals surface area contributed by atoms with Crippen LogP contribution in [0.5, 0.6) is 0 Å². The lowest BCUT2D eigenvalue weighted by molar-refractivity contribution is -0.149. The van der Waals surface area contributed by atoms with Crippen molar-refractivity contribution in [3.63, 3.8) is 0 Å². The van der Waals surface area contributed by atoms with Crippen molar-refractivity contribution in [3.05, 3.63) is 64.1 Å². The maximum Gasteiger partial charge on any atom is 0.337 e. The first-order chi connectivity index (χ1) is 13.0. The summed E-state index contributed by atoms with van der Waals surface area (Å²) in [5.74, 6) is -1.44. The number of esters is 2. The Balaban J connectivity index is 1.60. The molecule has 1 unspecified atom stereocenters. The van der Waals surface area contributed by atoms with E-state index < -0.39 is 17.9 Å². The van der Waals surface area contributed by atoms with E-state index in [0.717, 1.165) is 11.3 Å². The Kier molecular flexibility index (Phi) is 5.91. The summed E-state index contributed by atoms with van der Waals surface area (Å²) in [6.07, 6.45) is 0.135. The van der Waals surface area contributed by atoms with Gasteiger partial charge in [0.2, 0.25) is 5.91 Å². The number of amides is 1. The van der Waals surface area contributed by atoms with E-state index in [2.05, 4.69) is 20.7 Å². The van der Waals surface area contributed by atoms with Gasteiger partial charge >= 0.3 is 11.9 Å². The molecule has 0 radical (unpaired) electrons. The van der Waals surface area contributed by atoms with E-state index in [0.29, 0.717) is 16.6 Å². The zero-order valence-corrected chi connectivity index (χ0v) is 16.3. The molecule has 0 saturated carbocycles. The monoisotopic (exact) mass is 431 g/mol. The molecule has 3 rings (SSSR count). The molecule has 1 aliphatic heterocycles. The second-order valence-corrected chi connectivity index (χ2v) is 7.00. The number of nitrogens with zero attached hydrogens (tertiary/aromatic N) is 1. The second-order valence-electron chi connectivity index (χ2n) is 6.15. The number of hydrogen-bond acceptors (Lipinski definition) is 5. The third-order valence-electron chi connectivity index (χ3n) is 4.37. The predicted molar refractivity (Wildman–Crippen MR) is 102 cm³/mol. The molecule has 1 heterocycles. The van der Waals surface area contributed by atoms with Gasteiger partial charge in [0.1, 0.15) is 6.61 Å². The lowest BCUT2D eigenvalue weighted by atomic mass is 10.1. The Bertz CT molecular complexity index is 868. The van der Waals surface area contributed by atoms with Crippen LogP contribution in [0.3, 0.4) is 0 Å². The number of para-hydroxylation sites is 1. The molecule has 7 heteroatoms. The minimum Gasteiger partial charge on any atom is -0.465 e. The molecule has 0 spiro atoms. The predicted octanol–water partition coefficient (Wildman–Crippen LogP) is 3.33. The first kappa shape index (κ1) is 19.1. The van der Waals surface area contributed by atoms with Crippen molar-refractivity contribution < 1.29 is 23.9 Å². The molecule has 140 valence electrons. The summed E-state index contributed by atoms with van der Waals surface area (Å²) < 4.78 is 10.7. The van der Waals surface area contributed by atoms with Crippen LogP contribution in [0.25, 0.3) is 0 Å². The van der Waals surface area contributed by atoms with Crippen molar-refractivity contribution in [3.8, 4) is 0 Å². The maximum absolute atomic E-state index is 12.4. The summed E-state index contributed by atoms with van der Waals surface area (Å²) in [6, 6.07) is 14.2. The summed E-state index contributed by atoms with van der Waals surface area (Å²) in [4.78, 5) is 37.7. The third kappa shape index (κ3) is 4.36. The molecular weight excluding hydrogens is 414 g/mol. The van der Waals surface area contributed by atoms with Crippen LogP contribution in [0.15, 0.2) is 53.0 Å². The quantitative estimate of drug-likeness (QED) is 0.678. The molecule has 0 aromatic heterocycles. The van der Waals surface area contributed by atoms with E-state index in [-0.39, 0.29) is 18.9 Å². The molecule has 0 aliphatic carbocycles. The minimum atomic E-state index is -0.495. The van der Waals surface area contributed by atoms with Gasteiger partial charge in [0.15, 0.2) is 0 Å². The van der Waals surface area contributed by atoms with E-state index >= 15 is 0 Å². The molecule has 1 amide bonds. The average molecular weight is 432 g/mol. The number of anilines is 1. The molecule has 1 saturated heterocycles. The molecule has 1 fully saturated rings. The van der Waals surface area contributed by atoms with Crippen molar-refractivity contribution in [2.24, 2.45) is 5.92 Å². The van der Waals surface area contributed by atoms with Gasteiger partial charge < -0.3 is 14.4 Å². The topological polar surface area (TPSA) is 72.9 Å². The van der Waals surface area contributed by atoms with Crippen LogP contribution in [0.2, 0.25) is 0 Å². The van der Waals surface area contributed by atoms with Gasteiger partial charge in [-0.3, -0.25) is 9.59 Å². The minimum absolute atomic E-state index is 0.0525. The third-order valence-corrected chi connectivity index (χ3v) is 5.11. The van der Waals surface area contributed by atoms with E-state index in [4.69, 9.17) is 4.74 Å². The summed E-state index contributed by atoms with van der Waals surface area (Å²) in [5, 5.41) is 0. The van der Waals surface area contributed by atoms with Gasteiger partial charge in [-0.25, -0.2) is 4.79 Å². The van der Waals surface area contributed by atoms with Crippen molar-refractivity contribution >= 4 is 39.5 Å². The van der Waals surface area contributed by atoms with Gasteiger partial charge in [-0.15, -0.1) is 0 Å². The van der Waals surface area contributed by atoms with Crippen molar-refractivity contribution in [1.29, 1.82) is 0 Å². The Labute approximate surface area is 165 Å². The van der Waals surface area contributed by atoms with Crippen molar-refractivity contribution in [2.75, 3.05) is 18.6 Å². The standard InChI is InChI=1S/C20H18BrNO5/c1-26-19(24)13-7-8-14(17(21)9-13)12-27-20(25)15-10-18(23)22(11-15)16-5-3-2-4-6-16/h2-9,15H,10-12H2,1H3. The lowest BCUT2D eigenvalue weighted by Gasteiger charge is -2.16. The Morgan fingerprint density at radius 3 is 2.59 bits per heavy atom. The summed E-state index contributed by atoms with van der Waals surface area (Å²) in [7, 11) is 1.31. The van der Waals surface area contributed by atoms with Crippen LogP contribution in [-0.2, 0) is 25.7 Å². The summed E-state index contributed by atoms with van der Waals surface area (Å²) in [6.45, 7) is 0.362. The number of carbonyl (C=O) groups excluding carboxylic acids is 3. The van der Waals surface area contributed by atoms with E-state index in [9.17, 15) is 14.4 Å². The van der Waals surface area contributed by atoms with Crippen LogP contribution in [0.1, 0.15) is 22.3 Å². The van der Waals surface area contributed by atoms with Crippen LogP contribution >= 0.6 is 15.9 Å². The fourth-order valence-corrected chi connectivity index (χ4v) is 3.39. The number of carbonyl (C=O) groups is 3. The number of hydrogen-bond donors (Lipinski definition) is 0. The first-order valence-electron chi connectivity index (χ1n) is 8.38. The van der Waals surface area contributed by atoms with Crippen LogP contribution in [0, 0.1) is 5.92 Å². The Morgan fingerprint density at radius 2 is 1.93 bits per heavy atom. The smallest absolute Gasteiger partial charge is 0.337 e. The zero-order chi connectivity index (χ0) is 19.4. The molecular formula is C20H18BrNO5. The largest absolute Gasteiger partial charge is 0.465 e. The number of benzene rings is 2. The van der Waals surface area contributed by atoms with Crippen LogP contribution < -0.4 is 4.90 Å². The molecule has 6 nitrogen and oxygen atoms in total. The van der Waals surface area contributed by atoms with Crippen molar-refractivity contribution in [2.45, 2.75) is 13.0 Å². The zero-order valence-electron chi connectivity index (χ0n) is 14.7. The number of rotatable bonds is 5. The van der Waals surface area contributed by atoms with E-state index in [1.54, 1.807) is 23.1 Å². The van der Waals surface area contributed by atoms with Gasteiger partial charge in [-0.05, 0) is 24.3 Å². The van der Waals surface area contributed by atoms with Crippen LogP contribution in [-0.4, -0.2) is 31.5 Å².